The van der Waals surface area contributed by atoms with Crippen molar-refractivity contribution < 1.29 is 49.9 Å². The minimum atomic E-state index is -3.87. The van der Waals surface area contributed by atoms with Crippen LogP contribution >= 0.6 is 23.2 Å². The Labute approximate surface area is 280 Å². The van der Waals surface area contributed by atoms with E-state index in [-0.39, 0.29) is 45.8 Å². The first-order valence-corrected chi connectivity index (χ1v) is 17.2. The van der Waals surface area contributed by atoms with E-state index >= 15 is 0 Å². The minimum absolute atomic E-state index is 0.0199. The molecule has 47 heavy (non-hydrogen) atoms. The highest BCUT2D eigenvalue weighted by Gasteiger charge is 2.27. The number of aromatic nitrogens is 1. The van der Waals surface area contributed by atoms with E-state index < -0.39 is 28.8 Å². The maximum absolute atomic E-state index is 13.7. The van der Waals surface area contributed by atoms with Crippen LogP contribution in [0.5, 0.6) is 17.2 Å². The van der Waals surface area contributed by atoms with Gasteiger partial charge in [-0.1, -0.05) is 29.3 Å². The van der Waals surface area contributed by atoms with Crippen LogP contribution in [0.15, 0.2) is 48.8 Å². The average molecular weight is 718 g/mol. The van der Waals surface area contributed by atoms with Gasteiger partial charge in [0, 0.05) is 37.2 Å². The Morgan fingerprint density at radius 1 is 1.06 bits per heavy atom. The molecule has 1 atom stereocenters. The normalized spacial score (nSPS) is 16.1. The predicted molar refractivity (Wildman–Crippen MR) is 167 cm³/mol. The van der Waals surface area contributed by atoms with Crippen molar-refractivity contribution in [2.75, 3.05) is 39.2 Å². The third kappa shape index (κ3) is 10.0. The molecule has 254 valence electrons. The summed E-state index contributed by atoms with van der Waals surface area (Å²) in [4.78, 5) is 15.7. The number of pyridine rings is 1. The van der Waals surface area contributed by atoms with Crippen molar-refractivity contribution in [2.24, 2.45) is 5.92 Å². The number of rotatable bonds is 14. The topological polar surface area (TPSA) is 128 Å². The molecular weight excluding hydrogens is 685 g/mol. The summed E-state index contributed by atoms with van der Waals surface area (Å²) < 4.78 is 77.8. The smallest absolute Gasteiger partial charge is 0.387 e. The lowest BCUT2D eigenvalue weighted by Gasteiger charge is -2.27. The summed E-state index contributed by atoms with van der Waals surface area (Å²) in [7, 11) is -3.87. The molecule has 1 saturated carbocycles. The number of morpholine rings is 1. The Morgan fingerprint density at radius 2 is 1.74 bits per heavy atom. The van der Waals surface area contributed by atoms with Crippen LogP contribution in [0.3, 0.4) is 0 Å². The highest BCUT2D eigenvalue weighted by Crippen LogP contribution is 2.38. The van der Waals surface area contributed by atoms with Crippen molar-refractivity contribution in [3.8, 4) is 17.2 Å². The highest BCUT2D eigenvalue weighted by atomic mass is 35.5. The first kappa shape index (κ1) is 34.9. The van der Waals surface area contributed by atoms with Crippen LogP contribution in [-0.2, 0) is 32.6 Å². The minimum Gasteiger partial charge on any atom is -0.619 e. The van der Waals surface area contributed by atoms with E-state index in [9.17, 15) is 27.2 Å². The summed E-state index contributed by atoms with van der Waals surface area (Å²) in [6.07, 6.45) is 3.84. The fourth-order valence-electron chi connectivity index (χ4n) is 4.93. The fourth-order valence-corrected chi connectivity index (χ4v) is 6.02. The molecule has 0 spiro atoms. The van der Waals surface area contributed by atoms with Gasteiger partial charge in [0.1, 0.15) is 21.9 Å². The second-order valence-corrected chi connectivity index (χ2v) is 13.6. The fraction of sp³-hybridized carbons (Fsp3) is 0.419. The number of esters is 1. The van der Waals surface area contributed by atoms with Crippen molar-refractivity contribution in [3.63, 3.8) is 0 Å². The number of benzene rings is 2. The van der Waals surface area contributed by atoms with E-state index in [1.165, 1.54) is 36.4 Å². The molecule has 1 aromatic heterocycles. The first-order chi connectivity index (χ1) is 22.3. The highest BCUT2D eigenvalue weighted by molar-refractivity contribution is 7.86. The number of carbonyl (C=O) groups excluding carboxylic acids is 1. The SMILES string of the molecule is CS(=O)(=O)Oc1ccc(C(=O)O[C@@H](Cc2c(Cl)c[n+]([O-])cc2Cl)c2ccc(OC(F)F)c(OCC3CC3)c2)cc1CN1CCOCC1. The average Bonchev–Trinajstić information content (AvgIpc) is 3.83. The molecule has 0 unspecified atom stereocenters. The molecule has 2 aromatic carbocycles. The zero-order valence-corrected chi connectivity index (χ0v) is 27.5. The van der Waals surface area contributed by atoms with Gasteiger partial charge in [0.05, 0.1) is 31.6 Å². The summed E-state index contributed by atoms with van der Waals surface area (Å²) in [6, 6.07) is 8.43. The lowest BCUT2D eigenvalue weighted by molar-refractivity contribution is -0.605. The van der Waals surface area contributed by atoms with Gasteiger partial charge in [-0.25, -0.2) is 4.79 Å². The van der Waals surface area contributed by atoms with Gasteiger partial charge in [-0.3, -0.25) is 4.90 Å². The van der Waals surface area contributed by atoms with E-state index in [2.05, 4.69) is 4.74 Å². The van der Waals surface area contributed by atoms with E-state index in [1.807, 2.05) is 4.90 Å². The summed E-state index contributed by atoms with van der Waals surface area (Å²) in [5.74, 6) is -0.582. The van der Waals surface area contributed by atoms with Gasteiger partial charge in [0.25, 0.3) is 0 Å². The monoisotopic (exact) mass is 716 g/mol. The van der Waals surface area contributed by atoms with Crippen LogP contribution in [0.2, 0.25) is 10.0 Å². The molecule has 5 rings (SSSR count). The van der Waals surface area contributed by atoms with Crippen molar-refractivity contribution in [1.29, 1.82) is 0 Å². The number of nitrogens with zero attached hydrogens (tertiary/aromatic N) is 2. The van der Waals surface area contributed by atoms with Gasteiger partial charge in [-0.15, -0.1) is 0 Å². The van der Waals surface area contributed by atoms with Gasteiger partial charge < -0.3 is 28.3 Å². The molecule has 2 heterocycles. The Bertz CT molecular complexity index is 1680. The van der Waals surface area contributed by atoms with Crippen LogP contribution in [0, 0.1) is 11.1 Å². The molecule has 0 N–H and O–H groups in total. The Kier molecular flexibility index (Phi) is 11.3. The van der Waals surface area contributed by atoms with Gasteiger partial charge in [0.2, 0.25) is 0 Å². The number of halogens is 4. The molecule has 2 fully saturated rings. The maximum atomic E-state index is 13.7. The zero-order valence-electron chi connectivity index (χ0n) is 25.2. The van der Waals surface area contributed by atoms with Crippen LogP contribution in [0.4, 0.5) is 8.78 Å². The molecule has 11 nitrogen and oxygen atoms in total. The Balaban J connectivity index is 1.48. The third-order valence-corrected chi connectivity index (χ3v) is 8.59. The largest absolute Gasteiger partial charge is 0.619 e. The number of carbonyl (C=O) groups is 1. The quantitative estimate of drug-likeness (QED) is 0.0935. The van der Waals surface area contributed by atoms with Gasteiger partial charge >= 0.3 is 22.7 Å². The summed E-state index contributed by atoms with van der Waals surface area (Å²) in [5, 5.41) is 11.9. The molecule has 1 aliphatic carbocycles. The van der Waals surface area contributed by atoms with Gasteiger partial charge in [-0.05, 0) is 54.7 Å². The molecule has 1 saturated heterocycles. The Morgan fingerprint density at radius 3 is 2.38 bits per heavy atom. The van der Waals surface area contributed by atoms with Crippen LogP contribution < -0.4 is 18.4 Å². The maximum Gasteiger partial charge on any atom is 0.387 e. The molecule has 1 aliphatic heterocycles. The number of hydrogen-bond donors (Lipinski definition) is 0. The third-order valence-electron chi connectivity index (χ3n) is 7.46. The molecule has 0 bridgehead atoms. The van der Waals surface area contributed by atoms with Crippen molar-refractivity contribution in [1.82, 2.24) is 4.90 Å². The summed E-state index contributed by atoms with van der Waals surface area (Å²) in [5.41, 5.74) is 1.17. The molecule has 0 radical (unpaired) electrons. The zero-order chi connectivity index (χ0) is 33.7. The number of ether oxygens (including phenoxy) is 4. The first-order valence-electron chi connectivity index (χ1n) is 14.7. The molecule has 3 aromatic rings. The number of alkyl halides is 2. The van der Waals surface area contributed by atoms with Crippen molar-refractivity contribution >= 4 is 39.3 Å². The molecule has 2 aliphatic rings. The van der Waals surface area contributed by atoms with E-state index in [4.69, 9.17) is 41.6 Å². The molecule has 16 heteroatoms. The van der Waals surface area contributed by atoms with Crippen LogP contribution in [0.25, 0.3) is 0 Å². The lowest BCUT2D eigenvalue weighted by atomic mass is 10.0. The summed E-state index contributed by atoms with van der Waals surface area (Å²) in [6.45, 7) is -0.357. The predicted octanol–water partition coefficient (Wildman–Crippen LogP) is 5.33. The van der Waals surface area contributed by atoms with E-state index in [1.54, 1.807) is 0 Å². The van der Waals surface area contributed by atoms with E-state index in [0.717, 1.165) is 31.5 Å². The summed E-state index contributed by atoms with van der Waals surface area (Å²) >= 11 is 12.7. The van der Waals surface area contributed by atoms with Gasteiger partial charge in [-0.2, -0.15) is 21.9 Å². The van der Waals surface area contributed by atoms with Gasteiger partial charge in [0.15, 0.2) is 23.9 Å². The molecular formula is C31H32Cl2F2N2O9S. The Hall–Kier alpha value is -3.43. The molecule has 0 amide bonds. The second kappa shape index (κ2) is 15.2. The standard InChI is InChI=1S/C31H32Cl2F2N2O9S/c1-47(40,41)46-26-6-5-21(12-22(26)15-36-8-10-42-11-9-36)30(38)44-28(14-23-24(32)16-37(39)17-25(23)33)20-4-7-27(45-31(34)35)29(13-20)43-18-19-2-3-19/h4-7,12-13,16-17,19,28,31H,2-3,8-11,14-15,18H2,1H3/t28-/m0/s1. The van der Waals surface area contributed by atoms with Crippen LogP contribution in [0.1, 0.15) is 46.0 Å². The number of hydrogen-bond acceptors (Lipinski definition) is 10. The van der Waals surface area contributed by atoms with Crippen molar-refractivity contribution in [2.45, 2.75) is 38.5 Å². The lowest BCUT2D eigenvalue weighted by Crippen LogP contribution is -2.35. The van der Waals surface area contributed by atoms with Crippen LogP contribution in [-0.4, -0.2) is 65.1 Å². The van der Waals surface area contributed by atoms with E-state index in [0.29, 0.717) is 60.2 Å². The van der Waals surface area contributed by atoms with Crippen molar-refractivity contribution in [3.05, 3.63) is 86.3 Å². The second-order valence-electron chi connectivity index (χ2n) is 11.2.